The molecule has 0 aromatic heterocycles. The lowest BCUT2D eigenvalue weighted by Crippen LogP contribution is -2.52. The van der Waals surface area contributed by atoms with Gasteiger partial charge in [-0.25, -0.2) is 0 Å². The first-order valence-electron chi connectivity index (χ1n) is 11.7. The minimum atomic E-state index is -0.999. The van der Waals surface area contributed by atoms with E-state index >= 15 is 0 Å². The molecule has 2 aromatic rings. The van der Waals surface area contributed by atoms with Crippen molar-refractivity contribution in [2.24, 2.45) is 5.41 Å². The van der Waals surface area contributed by atoms with Gasteiger partial charge in [0, 0.05) is 22.1 Å². The number of amides is 2. The maximum atomic E-state index is 13.9. The molecule has 1 N–H and O–H groups in total. The highest BCUT2D eigenvalue weighted by atomic mass is 79.9. The number of nitriles is 1. The lowest BCUT2D eigenvalue weighted by Gasteiger charge is -2.37. The molecule has 2 amide bonds. The average Bonchev–Trinajstić information content (AvgIpc) is 2.75. The number of hydrogen-bond acceptors (Lipinski definition) is 3. The third-order valence-electron chi connectivity index (χ3n) is 5.44. The largest absolute Gasteiger partial charge is 0.349 e. The zero-order chi connectivity index (χ0) is 26.2. The zero-order valence-electron chi connectivity index (χ0n) is 21.4. The van der Waals surface area contributed by atoms with Crippen LogP contribution in [0, 0.1) is 28.6 Å². The van der Waals surface area contributed by atoms with Gasteiger partial charge in [-0.05, 0) is 62.6 Å². The van der Waals surface area contributed by atoms with E-state index in [9.17, 15) is 14.9 Å². The van der Waals surface area contributed by atoms with Gasteiger partial charge < -0.3 is 10.2 Å². The summed E-state index contributed by atoms with van der Waals surface area (Å²) in [6.45, 7) is 12.2. The van der Waals surface area contributed by atoms with Gasteiger partial charge in [0.2, 0.25) is 5.91 Å². The van der Waals surface area contributed by atoms with E-state index in [1.165, 1.54) is 4.90 Å². The van der Waals surface area contributed by atoms with Gasteiger partial charge in [0.05, 0.1) is 11.6 Å². The van der Waals surface area contributed by atoms with E-state index in [4.69, 9.17) is 0 Å². The van der Waals surface area contributed by atoms with Gasteiger partial charge in [-0.2, -0.15) is 5.26 Å². The summed E-state index contributed by atoms with van der Waals surface area (Å²) in [6.07, 6.45) is 1.25. The molecule has 0 spiro atoms. The number of nitrogens with zero attached hydrogens (tertiary/aromatic N) is 2. The minimum Gasteiger partial charge on any atom is -0.349 e. The molecule has 0 bridgehead atoms. The fourth-order valence-electron chi connectivity index (χ4n) is 4.53. The summed E-state index contributed by atoms with van der Waals surface area (Å²) in [4.78, 5) is 28.6. The summed E-state index contributed by atoms with van der Waals surface area (Å²) in [5, 5.41) is 12.9. The van der Waals surface area contributed by atoms with Crippen molar-refractivity contribution in [2.45, 2.75) is 66.0 Å². The van der Waals surface area contributed by atoms with Crippen molar-refractivity contribution in [3.8, 4) is 17.9 Å². The lowest BCUT2D eigenvalue weighted by atomic mass is 9.81. The summed E-state index contributed by atoms with van der Waals surface area (Å²) in [5.74, 6) is 4.48. The second-order valence-corrected chi connectivity index (χ2v) is 11.3. The SMILES string of the molecule is CC#CC(=O)N(CCc1ccccc1Br)C(C(=O)NC(C)(C)CC(C)(C)C)c1ccccc1C#N. The molecule has 0 aliphatic carbocycles. The molecule has 0 fully saturated rings. The van der Waals surface area contributed by atoms with E-state index in [0.29, 0.717) is 17.5 Å². The second-order valence-electron chi connectivity index (χ2n) is 10.4. The fourth-order valence-corrected chi connectivity index (χ4v) is 5.01. The summed E-state index contributed by atoms with van der Waals surface area (Å²) in [7, 11) is 0. The van der Waals surface area contributed by atoms with Gasteiger partial charge in [-0.15, -0.1) is 0 Å². The predicted octanol–water partition coefficient (Wildman–Crippen LogP) is 5.79. The summed E-state index contributed by atoms with van der Waals surface area (Å²) < 4.78 is 0.929. The van der Waals surface area contributed by atoms with Gasteiger partial charge in [0.15, 0.2) is 0 Å². The molecule has 184 valence electrons. The number of carbonyl (C=O) groups excluding carboxylic acids is 2. The number of rotatable bonds is 8. The smallest absolute Gasteiger partial charge is 0.299 e. The molecule has 2 aromatic carbocycles. The van der Waals surface area contributed by atoms with Gasteiger partial charge >= 0.3 is 0 Å². The monoisotopic (exact) mass is 535 g/mol. The van der Waals surface area contributed by atoms with Gasteiger partial charge in [0.25, 0.3) is 5.91 Å². The normalized spacial score (nSPS) is 12.1. The van der Waals surface area contributed by atoms with Crippen molar-refractivity contribution in [3.05, 3.63) is 69.7 Å². The highest BCUT2D eigenvalue weighted by Gasteiger charge is 2.36. The van der Waals surface area contributed by atoms with E-state index in [-0.39, 0.29) is 17.9 Å². The Kier molecular flexibility index (Phi) is 9.69. The minimum absolute atomic E-state index is 0.0143. The van der Waals surface area contributed by atoms with Gasteiger partial charge in [0.1, 0.15) is 6.04 Å². The first kappa shape index (κ1) is 28.1. The predicted molar refractivity (Wildman–Crippen MR) is 143 cm³/mol. The van der Waals surface area contributed by atoms with Crippen molar-refractivity contribution in [2.75, 3.05) is 6.54 Å². The first-order valence-corrected chi connectivity index (χ1v) is 12.5. The first-order chi connectivity index (χ1) is 16.4. The van der Waals surface area contributed by atoms with Crippen LogP contribution in [-0.4, -0.2) is 28.8 Å². The Morgan fingerprint density at radius 2 is 1.69 bits per heavy atom. The molecule has 2 rings (SSSR count). The molecule has 0 radical (unpaired) electrons. The van der Waals surface area contributed by atoms with Crippen molar-refractivity contribution in [1.82, 2.24) is 10.2 Å². The lowest BCUT2D eigenvalue weighted by molar-refractivity contribution is -0.138. The number of benzene rings is 2. The Labute approximate surface area is 218 Å². The fraction of sp³-hybridized carbons (Fsp3) is 0.414. The van der Waals surface area contributed by atoms with E-state index in [1.54, 1.807) is 31.2 Å². The molecule has 5 nitrogen and oxygen atoms in total. The number of halogens is 1. The van der Waals surface area contributed by atoms with Crippen LogP contribution in [0.25, 0.3) is 0 Å². The Morgan fingerprint density at radius 1 is 1.06 bits per heavy atom. The Hall–Kier alpha value is -3.09. The molecule has 1 unspecified atom stereocenters. The maximum absolute atomic E-state index is 13.9. The van der Waals surface area contributed by atoms with Crippen molar-refractivity contribution < 1.29 is 9.59 Å². The molecule has 0 saturated heterocycles. The molecular formula is C29H34BrN3O2. The Bertz CT molecular complexity index is 1160. The van der Waals surface area contributed by atoms with Crippen molar-refractivity contribution in [3.63, 3.8) is 0 Å². The highest BCUT2D eigenvalue weighted by Crippen LogP contribution is 2.30. The van der Waals surface area contributed by atoms with Crippen LogP contribution in [0.4, 0.5) is 0 Å². The van der Waals surface area contributed by atoms with Crippen molar-refractivity contribution >= 4 is 27.7 Å². The van der Waals surface area contributed by atoms with E-state index in [1.807, 2.05) is 38.1 Å². The van der Waals surface area contributed by atoms with Crippen LogP contribution >= 0.6 is 15.9 Å². The van der Waals surface area contributed by atoms with E-state index < -0.39 is 17.5 Å². The van der Waals surface area contributed by atoms with Crippen LogP contribution in [0.2, 0.25) is 0 Å². The van der Waals surface area contributed by atoms with E-state index in [0.717, 1.165) is 16.5 Å². The number of nitrogens with one attached hydrogen (secondary N) is 1. The maximum Gasteiger partial charge on any atom is 0.299 e. The second kappa shape index (κ2) is 12.0. The summed E-state index contributed by atoms with van der Waals surface area (Å²) in [5.41, 5.74) is 1.31. The van der Waals surface area contributed by atoms with Gasteiger partial charge in [-0.1, -0.05) is 79.0 Å². The Balaban J connectivity index is 2.55. The van der Waals surface area contributed by atoms with Crippen molar-refractivity contribution in [1.29, 1.82) is 5.26 Å². The molecule has 6 heteroatoms. The van der Waals surface area contributed by atoms with Gasteiger partial charge in [-0.3, -0.25) is 9.59 Å². The molecule has 0 heterocycles. The summed E-state index contributed by atoms with van der Waals surface area (Å²) in [6, 6.07) is 15.9. The van der Waals surface area contributed by atoms with Crippen LogP contribution in [0.1, 0.15) is 70.7 Å². The number of hydrogen-bond donors (Lipinski definition) is 1. The molecule has 0 saturated carbocycles. The van der Waals surface area contributed by atoms with Crippen LogP contribution in [0.5, 0.6) is 0 Å². The molecule has 0 aliphatic rings. The molecule has 0 aliphatic heterocycles. The topological polar surface area (TPSA) is 73.2 Å². The standard InChI is InChI=1S/C29H34BrN3O2/c1-7-12-25(34)33(18-17-21-13-9-11-16-24(21)30)26(23-15-10-8-14-22(23)19-31)27(35)32-29(5,6)20-28(2,3)4/h8-11,13-16,26H,17-18,20H2,1-6H3,(H,32,35). The average molecular weight is 537 g/mol. The van der Waals surface area contributed by atoms with Crippen LogP contribution in [0.3, 0.4) is 0 Å². The van der Waals surface area contributed by atoms with Crippen LogP contribution in [-0.2, 0) is 16.0 Å². The summed E-state index contributed by atoms with van der Waals surface area (Å²) >= 11 is 3.56. The third-order valence-corrected chi connectivity index (χ3v) is 6.22. The molecular weight excluding hydrogens is 502 g/mol. The molecule has 1 atom stereocenters. The number of carbonyl (C=O) groups is 2. The third kappa shape index (κ3) is 8.26. The van der Waals surface area contributed by atoms with Crippen LogP contribution in [0.15, 0.2) is 53.0 Å². The van der Waals surface area contributed by atoms with Crippen LogP contribution < -0.4 is 5.32 Å². The highest BCUT2D eigenvalue weighted by molar-refractivity contribution is 9.10. The quantitative estimate of drug-likeness (QED) is 0.435. The van der Waals surface area contributed by atoms with E-state index in [2.05, 4.69) is 59.9 Å². The zero-order valence-corrected chi connectivity index (χ0v) is 23.0. The Morgan fingerprint density at radius 3 is 2.29 bits per heavy atom. The molecule has 35 heavy (non-hydrogen) atoms.